The lowest BCUT2D eigenvalue weighted by Crippen LogP contribution is -2.38. The van der Waals surface area contributed by atoms with E-state index in [-0.39, 0.29) is 18.0 Å². The first-order valence-electron chi connectivity index (χ1n) is 8.12. The van der Waals surface area contributed by atoms with Crippen molar-refractivity contribution >= 4 is 25.7 Å². The van der Waals surface area contributed by atoms with Gasteiger partial charge in [-0.2, -0.15) is 0 Å². The molecule has 26 heavy (non-hydrogen) atoms. The molecule has 0 unspecified atom stereocenters. The second-order valence-corrected chi connectivity index (χ2v) is 9.93. The minimum absolute atomic E-state index is 0.00817. The number of aryl methyl sites for hydroxylation is 3. The molecule has 0 radical (unpaired) electrons. The fourth-order valence-corrected chi connectivity index (χ4v) is 4.91. The summed E-state index contributed by atoms with van der Waals surface area (Å²) in [7, 11) is -7.25. The highest BCUT2D eigenvalue weighted by atomic mass is 32.2. The molecular formula is C18H24N2O4S2. The summed E-state index contributed by atoms with van der Waals surface area (Å²) in [5.41, 5.74) is 2.93. The van der Waals surface area contributed by atoms with Gasteiger partial charge in [0.15, 0.2) is 0 Å². The van der Waals surface area contributed by atoms with Crippen molar-refractivity contribution in [3.05, 3.63) is 59.2 Å². The number of hydrogen-bond acceptors (Lipinski definition) is 4. The lowest BCUT2D eigenvalue weighted by Gasteiger charge is -2.24. The van der Waals surface area contributed by atoms with E-state index in [4.69, 9.17) is 0 Å². The van der Waals surface area contributed by atoms with Gasteiger partial charge in [0.05, 0.1) is 16.8 Å². The summed E-state index contributed by atoms with van der Waals surface area (Å²) in [4.78, 5) is 0.192. The van der Waals surface area contributed by atoms with E-state index < -0.39 is 20.0 Å². The quantitative estimate of drug-likeness (QED) is 0.779. The number of sulfonamides is 2. The van der Waals surface area contributed by atoms with Crippen LogP contribution in [0.25, 0.3) is 0 Å². The van der Waals surface area contributed by atoms with Gasteiger partial charge in [-0.15, -0.1) is 0 Å². The molecule has 0 heterocycles. The van der Waals surface area contributed by atoms with E-state index in [1.54, 1.807) is 31.2 Å². The van der Waals surface area contributed by atoms with Crippen molar-refractivity contribution in [3.8, 4) is 0 Å². The van der Waals surface area contributed by atoms with Crippen LogP contribution < -0.4 is 9.03 Å². The van der Waals surface area contributed by atoms with Gasteiger partial charge in [0.2, 0.25) is 20.0 Å². The number of nitrogens with one attached hydrogen (secondary N) is 1. The molecule has 0 amide bonds. The number of anilines is 1. The fraction of sp³-hybridized carbons (Fsp3) is 0.333. The highest BCUT2D eigenvalue weighted by Gasteiger charge is 2.21. The average Bonchev–Trinajstić information content (AvgIpc) is 2.53. The smallest absolute Gasteiger partial charge is 0.240 e. The summed E-state index contributed by atoms with van der Waals surface area (Å²) in [6.07, 6.45) is 1.12. The van der Waals surface area contributed by atoms with E-state index in [0.29, 0.717) is 11.3 Å². The van der Waals surface area contributed by atoms with Gasteiger partial charge in [-0.25, -0.2) is 21.6 Å². The van der Waals surface area contributed by atoms with E-state index in [1.807, 2.05) is 26.0 Å². The van der Waals surface area contributed by atoms with Crippen LogP contribution in [0.1, 0.15) is 16.7 Å². The van der Waals surface area contributed by atoms with Gasteiger partial charge in [0, 0.05) is 13.1 Å². The predicted octanol–water partition coefficient (Wildman–Crippen LogP) is 2.36. The molecule has 0 saturated carbocycles. The van der Waals surface area contributed by atoms with Gasteiger partial charge in [0.1, 0.15) is 0 Å². The van der Waals surface area contributed by atoms with Crippen LogP contribution >= 0.6 is 0 Å². The van der Waals surface area contributed by atoms with Crippen molar-refractivity contribution in [2.45, 2.75) is 25.7 Å². The maximum Gasteiger partial charge on any atom is 0.240 e. The fourth-order valence-electron chi connectivity index (χ4n) is 2.67. The Bertz CT molecular complexity index is 1000. The lowest BCUT2D eigenvalue weighted by atomic mass is 10.1. The molecule has 1 N–H and O–H groups in total. The Balaban J connectivity index is 2.22. The molecule has 0 aliphatic heterocycles. The Morgan fingerprint density at radius 3 is 2.19 bits per heavy atom. The summed E-state index contributed by atoms with van der Waals surface area (Å²) >= 11 is 0. The molecule has 0 spiro atoms. The van der Waals surface area contributed by atoms with Crippen LogP contribution in [-0.4, -0.2) is 36.2 Å². The minimum atomic E-state index is -3.70. The Labute approximate surface area is 156 Å². The molecule has 0 aromatic heterocycles. The standard InChI is InChI=1S/C18H24N2O4S2/c1-14-9-10-15(2)17(13-14)20(25(4,21)22)12-11-19-26(23,24)18-8-6-5-7-16(18)3/h5-10,13,19H,11-12H2,1-4H3. The molecule has 6 nitrogen and oxygen atoms in total. The molecule has 0 fully saturated rings. The van der Waals surface area contributed by atoms with Crippen LogP contribution in [0.5, 0.6) is 0 Å². The van der Waals surface area contributed by atoms with Crippen molar-refractivity contribution in [3.63, 3.8) is 0 Å². The van der Waals surface area contributed by atoms with Crippen molar-refractivity contribution in [2.75, 3.05) is 23.7 Å². The van der Waals surface area contributed by atoms with Gasteiger partial charge < -0.3 is 0 Å². The zero-order valence-corrected chi connectivity index (χ0v) is 17.0. The normalized spacial score (nSPS) is 12.2. The molecule has 0 saturated heterocycles. The molecule has 8 heteroatoms. The van der Waals surface area contributed by atoms with Gasteiger partial charge in [-0.1, -0.05) is 30.3 Å². The van der Waals surface area contributed by atoms with Crippen LogP contribution in [0.15, 0.2) is 47.4 Å². The van der Waals surface area contributed by atoms with Crippen molar-refractivity contribution in [1.82, 2.24) is 4.72 Å². The second-order valence-electron chi connectivity index (χ2n) is 6.29. The molecule has 0 aliphatic carbocycles. The molecule has 2 rings (SSSR count). The highest BCUT2D eigenvalue weighted by molar-refractivity contribution is 7.92. The first kappa shape index (κ1) is 20.4. The van der Waals surface area contributed by atoms with E-state index in [1.165, 1.54) is 10.4 Å². The molecule has 0 bridgehead atoms. The van der Waals surface area contributed by atoms with E-state index >= 15 is 0 Å². The monoisotopic (exact) mass is 396 g/mol. The topological polar surface area (TPSA) is 83.6 Å². The maximum atomic E-state index is 12.5. The van der Waals surface area contributed by atoms with E-state index in [0.717, 1.165) is 17.4 Å². The Kier molecular flexibility index (Phi) is 6.10. The molecule has 0 atom stereocenters. The molecule has 0 aliphatic rings. The lowest BCUT2D eigenvalue weighted by molar-refractivity contribution is 0.578. The highest BCUT2D eigenvalue weighted by Crippen LogP contribution is 2.23. The summed E-state index contributed by atoms with van der Waals surface area (Å²) < 4.78 is 53.1. The molecular weight excluding hydrogens is 372 g/mol. The number of hydrogen-bond donors (Lipinski definition) is 1. The van der Waals surface area contributed by atoms with Gasteiger partial charge in [0.25, 0.3) is 0 Å². The number of benzene rings is 2. The van der Waals surface area contributed by atoms with Crippen LogP contribution in [0.4, 0.5) is 5.69 Å². The zero-order valence-electron chi connectivity index (χ0n) is 15.4. The first-order chi connectivity index (χ1) is 12.0. The van der Waals surface area contributed by atoms with Gasteiger partial charge >= 0.3 is 0 Å². The third-order valence-corrected chi connectivity index (χ3v) is 6.82. The minimum Gasteiger partial charge on any atom is -0.269 e. The Hall–Kier alpha value is -1.90. The van der Waals surface area contributed by atoms with Crippen LogP contribution in [0.2, 0.25) is 0 Å². The summed E-state index contributed by atoms with van der Waals surface area (Å²) in [6.45, 7) is 5.40. The predicted molar refractivity (Wildman–Crippen MR) is 104 cm³/mol. The average molecular weight is 397 g/mol. The third kappa shape index (κ3) is 4.84. The SMILES string of the molecule is Cc1ccc(C)c(N(CCNS(=O)(=O)c2ccccc2C)S(C)(=O)=O)c1. The summed E-state index contributed by atoms with van der Waals surface area (Å²) in [5.74, 6) is 0. The number of rotatable bonds is 7. The zero-order chi connectivity index (χ0) is 19.5. The van der Waals surface area contributed by atoms with Gasteiger partial charge in [-0.05, 0) is 49.6 Å². The summed E-state index contributed by atoms with van der Waals surface area (Å²) in [5, 5.41) is 0. The van der Waals surface area contributed by atoms with Crippen molar-refractivity contribution in [2.24, 2.45) is 0 Å². The first-order valence-corrected chi connectivity index (χ1v) is 11.5. The van der Waals surface area contributed by atoms with Crippen LogP contribution in [0, 0.1) is 20.8 Å². The third-order valence-electron chi connectivity index (χ3n) is 4.02. The molecule has 2 aromatic carbocycles. The largest absolute Gasteiger partial charge is 0.269 e. The van der Waals surface area contributed by atoms with Crippen molar-refractivity contribution < 1.29 is 16.8 Å². The van der Waals surface area contributed by atoms with Crippen LogP contribution in [0.3, 0.4) is 0 Å². The Morgan fingerprint density at radius 1 is 0.923 bits per heavy atom. The molecule has 142 valence electrons. The van der Waals surface area contributed by atoms with E-state index in [2.05, 4.69) is 4.72 Å². The van der Waals surface area contributed by atoms with Crippen molar-refractivity contribution in [1.29, 1.82) is 0 Å². The van der Waals surface area contributed by atoms with Crippen LogP contribution in [-0.2, 0) is 20.0 Å². The second kappa shape index (κ2) is 7.77. The maximum absolute atomic E-state index is 12.5. The number of nitrogens with zero attached hydrogens (tertiary/aromatic N) is 1. The van der Waals surface area contributed by atoms with E-state index in [9.17, 15) is 16.8 Å². The summed E-state index contributed by atoms with van der Waals surface area (Å²) in [6, 6.07) is 12.2. The Morgan fingerprint density at radius 2 is 1.58 bits per heavy atom. The molecule has 2 aromatic rings. The van der Waals surface area contributed by atoms with Gasteiger partial charge in [-0.3, -0.25) is 4.31 Å².